The summed E-state index contributed by atoms with van der Waals surface area (Å²) >= 11 is 7.13. The smallest absolute Gasteiger partial charge is 0.287 e. The first-order chi connectivity index (χ1) is 9.09. The molecule has 19 heavy (non-hydrogen) atoms. The van der Waals surface area contributed by atoms with E-state index in [0.717, 1.165) is 16.7 Å². The Hall–Kier alpha value is -1.53. The van der Waals surface area contributed by atoms with Crippen molar-refractivity contribution in [2.24, 2.45) is 0 Å². The van der Waals surface area contributed by atoms with Crippen LogP contribution < -0.4 is 4.90 Å². The van der Waals surface area contributed by atoms with Gasteiger partial charge in [-0.25, -0.2) is 14.1 Å². The standard InChI is InChI=1S/C12H8ClFN2O2S/c13-7-1-2-9(8(14)5-7)16-11(17)10-6-19-4-3-15(10)12(16)18/h1-2,5-6H,3-4H2. The number of halogens is 2. The molecule has 0 aliphatic carbocycles. The van der Waals surface area contributed by atoms with Gasteiger partial charge in [-0.2, -0.15) is 0 Å². The van der Waals surface area contributed by atoms with Crippen LogP contribution in [0.5, 0.6) is 0 Å². The van der Waals surface area contributed by atoms with Crippen LogP contribution in [0.4, 0.5) is 14.9 Å². The predicted molar refractivity (Wildman–Crippen MR) is 71.5 cm³/mol. The number of imide groups is 1. The fraction of sp³-hybridized carbons (Fsp3) is 0.167. The lowest BCUT2D eigenvalue weighted by molar-refractivity contribution is -0.114. The molecule has 1 fully saturated rings. The van der Waals surface area contributed by atoms with Crippen LogP contribution in [0.2, 0.25) is 5.02 Å². The van der Waals surface area contributed by atoms with E-state index in [4.69, 9.17) is 11.6 Å². The Morgan fingerprint density at radius 1 is 1.32 bits per heavy atom. The molecule has 0 atom stereocenters. The Labute approximate surface area is 117 Å². The summed E-state index contributed by atoms with van der Waals surface area (Å²) in [6.45, 7) is 0.451. The van der Waals surface area contributed by atoms with Gasteiger partial charge < -0.3 is 0 Å². The van der Waals surface area contributed by atoms with E-state index in [-0.39, 0.29) is 10.7 Å². The van der Waals surface area contributed by atoms with Gasteiger partial charge in [0.2, 0.25) is 0 Å². The van der Waals surface area contributed by atoms with E-state index < -0.39 is 17.8 Å². The van der Waals surface area contributed by atoms with Gasteiger partial charge in [-0.05, 0) is 18.2 Å². The van der Waals surface area contributed by atoms with Gasteiger partial charge in [-0.15, -0.1) is 11.8 Å². The van der Waals surface area contributed by atoms with Crippen molar-refractivity contribution >= 4 is 41.0 Å². The van der Waals surface area contributed by atoms with Gasteiger partial charge in [0.1, 0.15) is 11.5 Å². The molecule has 4 nitrogen and oxygen atoms in total. The predicted octanol–water partition coefficient (Wildman–Crippen LogP) is 2.84. The van der Waals surface area contributed by atoms with E-state index in [0.29, 0.717) is 12.2 Å². The molecule has 3 amide bonds. The highest BCUT2D eigenvalue weighted by atomic mass is 35.5. The minimum Gasteiger partial charge on any atom is -0.287 e. The third-order valence-electron chi connectivity index (χ3n) is 2.91. The molecule has 0 N–H and O–H groups in total. The zero-order valence-corrected chi connectivity index (χ0v) is 11.2. The molecule has 0 unspecified atom stereocenters. The number of amides is 3. The van der Waals surface area contributed by atoms with Crippen LogP contribution in [0.25, 0.3) is 0 Å². The largest absolute Gasteiger partial charge is 0.336 e. The van der Waals surface area contributed by atoms with Crippen LogP contribution in [0.15, 0.2) is 29.3 Å². The topological polar surface area (TPSA) is 40.6 Å². The lowest BCUT2D eigenvalue weighted by atomic mass is 10.2. The summed E-state index contributed by atoms with van der Waals surface area (Å²) < 4.78 is 13.9. The van der Waals surface area contributed by atoms with Crippen molar-refractivity contribution in [3.05, 3.63) is 40.1 Å². The summed E-state index contributed by atoms with van der Waals surface area (Å²) in [5.74, 6) is -0.472. The third kappa shape index (κ3) is 1.91. The van der Waals surface area contributed by atoms with Crippen molar-refractivity contribution in [1.82, 2.24) is 4.90 Å². The number of anilines is 1. The summed E-state index contributed by atoms with van der Waals surface area (Å²) in [7, 11) is 0. The second-order valence-electron chi connectivity index (χ2n) is 4.04. The molecule has 1 aromatic carbocycles. The van der Waals surface area contributed by atoms with Crippen LogP contribution in [-0.2, 0) is 4.79 Å². The molecule has 0 spiro atoms. The zero-order valence-electron chi connectivity index (χ0n) is 9.60. The third-order valence-corrected chi connectivity index (χ3v) is 3.96. The molecule has 1 aromatic rings. The second kappa shape index (κ2) is 4.54. The molecule has 98 valence electrons. The number of carbonyl (C=O) groups excluding carboxylic acids is 2. The summed E-state index contributed by atoms with van der Waals surface area (Å²) in [6.07, 6.45) is 0. The summed E-state index contributed by atoms with van der Waals surface area (Å²) in [4.78, 5) is 26.6. The van der Waals surface area contributed by atoms with Gasteiger partial charge in [0.05, 0.1) is 5.69 Å². The normalized spacial score (nSPS) is 18.7. The monoisotopic (exact) mass is 298 g/mol. The Morgan fingerprint density at radius 2 is 2.11 bits per heavy atom. The first-order valence-electron chi connectivity index (χ1n) is 5.52. The van der Waals surface area contributed by atoms with Crippen molar-refractivity contribution in [1.29, 1.82) is 0 Å². The minimum absolute atomic E-state index is 0.0697. The number of hydrogen-bond acceptors (Lipinski definition) is 3. The van der Waals surface area contributed by atoms with E-state index >= 15 is 0 Å². The molecule has 0 bridgehead atoms. The lowest BCUT2D eigenvalue weighted by Crippen LogP contribution is -2.34. The van der Waals surface area contributed by atoms with Gasteiger partial charge in [-0.1, -0.05) is 11.6 Å². The number of hydrogen-bond donors (Lipinski definition) is 0. The quantitative estimate of drug-likeness (QED) is 0.749. The van der Waals surface area contributed by atoms with Crippen LogP contribution in [0, 0.1) is 5.82 Å². The lowest BCUT2D eigenvalue weighted by Gasteiger charge is -2.19. The molecule has 7 heteroatoms. The van der Waals surface area contributed by atoms with E-state index in [9.17, 15) is 14.0 Å². The van der Waals surface area contributed by atoms with Crippen LogP contribution in [-0.4, -0.2) is 29.1 Å². The highest BCUT2D eigenvalue weighted by Crippen LogP contribution is 2.33. The number of urea groups is 1. The zero-order chi connectivity index (χ0) is 13.6. The SMILES string of the molecule is O=C1C2=CSCCN2C(=O)N1c1ccc(Cl)cc1F. The molecular formula is C12H8ClFN2O2S. The number of benzene rings is 1. The van der Waals surface area contributed by atoms with Gasteiger partial charge in [0.15, 0.2) is 0 Å². The molecule has 1 saturated heterocycles. The Balaban J connectivity index is 2.06. The molecule has 0 saturated carbocycles. The minimum atomic E-state index is -0.692. The Morgan fingerprint density at radius 3 is 2.79 bits per heavy atom. The molecule has 2 aliphatic rings. The maximum atomic E-state index is 13.9. The highest BCUT2D eigenvalue weighted by molar-refractivity contribution is 8.02. The highest BCUT2D eigenvalue weighted by Gasteiger charge is 2.43. The Kier molecular flexibility index (Phi) is 2.99. The van der Waals surface area contributed by atoms with Crippen molar-refractivity contribution in [2.45, 2.75) is 0 Å². The number of rotatable bonds is 1. The van der Waals surface area contributed by atoms with E-state index in [2.05, 4.69) is 0 Å². The van der Waals surface area contributed by atoms with Crippen molar-refractivity contribution in [2.75, 3.05) is 17.2 Å². The molecule has 2 heterocycles. The van der Waals surface area contributed by atoms with Gasteiger partial charge >= 0.3 is 6.03 Å². The maximum absolute atomic E-state index is 13.9. The number of thioether (sulfide) groups is 1. The molecule has 3 rings (SSSR count). The van der Waals surface area contributed by atoms with Gasteiger partial charge in [-0.3, -0.25) is 9.69 Å². The average Bonchev–Trinajstić information content (AvgIpc) is 2.64. The van der Waals surface area contributed by atoms with Gasteiger partial charge in [0.25, 0.3) is 5.91 Å². The number of carbonyl (C=O) groups is 2. The van der Waals surface area contributed by atoms with Crippen LogP contribution in [0.1, 0.15) is 0 Å². The summed E-state index contributed by atoms with van der Waals surface area (Å²) in [5.41, 5.74) is 0.232. The molecule has 0 aromatic heterocycles. The van der Waals surface area contributed by atoms with Gasteiger partial charge in [0, 0.05) is 22.7 Å². The fourth-order valence-electron chi connectivity index (χ4n) is 2.03. The second-order valence-corrected chi connectivity index (χ2v) is 5.46. The summed E-state index contributed by atoms with van der Waals surface area (Å²) in [6, 6.07) is 3.34. The fourth-order valence-corrected chi connectivity index (χ4v) is 2.98. The molecule has 0 radical (unpaired) electrons. The van der Waals surface area contributed by atoms with Crippen molar-refractivity contribution in [3.63, 3.8) is 0 Å². The number of fused-ring (bicyclic) bond motifs is 1. The van der Waals surface area contributed by atoms with E-state index in [1.54, 1.807) is 5.41 Å². The summed E-state index contributed by atoms with van der Waals surface area (Å²) in [5, 5.41) is 1.85. The Bertz CT molecular complexity index is 620. The average molecular weight is 299 g/mol. The van der Waals surface area contributed by atoms with E-state index in [1.807, 2.05) is 0 Å². The van der Waals surface area contributed by atoms with Crippen molar-refractivity contribution < 1.29 is 14.0 Å². The molecule has 2 aliphatic heterocycles. The first kappa shape index (κ1) is 12.5. The van der Waals surface area contributed by atoms with Crippen LogP contribution in [0.3, 0.4) is 0 Å². The first-order valence-corrected chi connectivity index (χ1v) is 6.95. The van der Waals surface area contributed by atoms with Crippen molar-refractivity contribution in [3.8, 4) is 0 Å². The van der Waals surface area contributed by atoms with Crippen LogP contribution >= 0.6 is 23.4 Å². The maximum Gasteiger partial charge on any atom is 0.336 e. The van der Waals surface area contributed by atoms with E-state index in [1.165, 1.54) is 28.8 Å². The number of nitrogens with zero attached hydrogens (tertiary/aromatic N) is 2. The molecular weight excluding hydrogens is 291 g/mol.